The van der Waals surface area contributed by atoms with Gasteiger partial charge in [-0.1, -0.05) is 5.92 Å². The molecule has 15 heavy (non-hydrogen) atoms. The Kier molecular flexibility index (Phi) is 8.44. The lowest BCUT2D eigenvalue weighted by molar-refractivity contribution is -0.133. The summed E-state index contributed by atoms with van der Waals surface area (Å²) in [6, 6.07) is 0. The second kappa shape index (κ2) is 9.25. The summed E-state index contributed by atoms with van der Waals surface area (Å²) in [4.78, 5) is 10.6. The number of carbonyl (C=O) groups excluding carboxylic acids is 1. The second-order valence-corrected chi connectivity index (χ2v) is 2.40. The van der Waals surface area contributed by atoms with Crippen LogP contribution in [0.4, 0.5) is 0 Å². The van der Waals surface area contributed by atoms with Gasteiger partial charge in [-0.2, -0.15) is 0 Å². The molecule has 0 atom stereocenters. The van der Waals surface area contributed by atoms with Gasteiger partial charge in [-0.25, -0.2) is 4.79 Å². The molecular weight excluding hydrogens is 196 g/mol. The number of hydrogen-bond acceptors (Lipinski definition) is 4. The number of esters is 1. The highest BCUT2D eigenvalue weighted by atomic mass is 16.7. The fourth-order valence-electron chi connectivity index (χ4n) is 0.766. The van der Waals surface area contributed by atoms with E-state index in [1.165, 1.54) is 13.2 Å². The van der Waals surface area contributed by atoms with Crippen molar-refractivity contribution in [1.29, 1.82) is 0 Å². The average Bonchev–Trinajstić information content (AvgIpc) is 2.24. The molecule has 0 radical (unpaired) electrons. The van der Waals surface area contributed by atoms with Gasteiger partial charge >= 0.3 is 5.97 Å². The van der Waals surface area contributed by atoms with Gasteiger partial charge in [0.25, 0.3) is 0 Å². The van der Waals surface area contributed by atoms with E-state index in [1.807, 2.05) is 13.8 Å². The lowest BCUT2D eigenvalue weighted by Crippen LogP contribution is -2.13. The highest BCUT2D eigenvalue weighted by Gasteiger charge is 2.00. The molecule has 0 aromatic carbocycles. The predicted molar refractivity (Wildman–Crippen MR) is 56.0 cm³/mol. The van der Waals surface area contributed by atoms with Crippen molar-refractivity contribution in [3.05, 3.63) is 12.2 Å². The molecule has 0 saturated heterocycles. The number of methoxy groups -OCH3 is 1. The summed E-state index contributed by atoms with van der Waals surface area (Å²) in [5.41, 5.74) is 0. The molecule has 0 rings (SSSR count). The molecule has 0 aliphatic rings. The molecule has 0 spiro atoms. The molecule has 0 aliphatic carbocycles. The van der Waals surface area contributed by atoms with Crippen LogP contribution in [0, 0.1) is 11.8 Å². The van der Waals surface area contributed by atoms with E-state index in [1.54, 1.807) is 6.08 Å². The van der Waals surface area contributed by atoms with Crippen molar-refractivity contribution in [2.45, 2.75) is 20.1 Å². The minimum atomic E-state index is -0.566. The van der Waals surface area contributed by atoms with Crippen molar-refractivity contribution in [1.82, 2.24) is 0 Å². The molecule has 0 fully saturated rings. The van der Waals surface area contributed by atoms with Crippen LogP contribution in [0.3, 0.4) is 0 Å². The first kappa shape index (κ1) is 13.7. The molecule has 0 saturated carbocycles. The molecule has 4 nitrogen and oxygen atoms in total. The van der Waals surface area contributed by atoms with Crippen LogP contribution >= 0.6 is 0 Å². The fourth-order valence-corrected chi connectivity index (χ4v) is 0.766. The molecule has 4 heteroatoms. The zero-order valence-corrected chi connectivity index (χ0v) is 9.28. The SMILES string of the molecule is CCOC(/C=C/C#CC(=O)OC)OCC. The monoisotopic (exact) mass is 212 g/mol. The van der Waals surface area contributed by atoms with E-state index in [4.69, 9.17) is 9.47 Å². The van der Waals surface area contributed by atoms with Gasteiger partial charge in [-0.15, -0.1) is 0 Å². The quantitative estimate of drug-likeness (QED) is 0.296. The minimum Gasteiger partial charge on any atom is -0.459 e. The number of rotatable bonds is 5. The Morgan fingerprint density at radius 1 is 1.33 bits per heavy atom. The van der Waals surface area contributed by atoms with E-state index < -0.39 is 12.3 Å². The summed E-state index contributed by atoms with van der Waals surface area (Å²) < 4.78 is 14.8. The average molecular weight is 212 g/mol. The van der Waals surface area contributed by atoms with E-state index in [-0.39, 0.29) is 0 Å². The maximum atomic E-state index is 10.6. The summed E-state index contributed by atoms with van der Waals surface area (Å²) in [7, 11) is 1.28. The fraction of sp³-hybridized carbons (Fsp3) is 0.545. The van der Waals surface area contributed by atoms with Crippen LogP contribution in [0.1, 0.15) is 13.8 Å². The summed E-state index contributed by atoms with van der Waals surface area (Å²) in [5.74, 6) is 4.22. The lowest BCUT2D eigenvalue weighted by Gasteiger charge is -2.11. The first-order valence-corrected chi connectivity index (χ1v) is 4.73. The number of allylic oxidation sites excluding steroid dienone is 1. The van der Waals surface area contributed by atoms with Gasteiger partial charge in [0.15, 0.2) is 6.29 Å². The Morgan fingerprint density at radius 2 is 1.93 bits per heavy atom. The van der Waals surface area contributed by atoms with E-state index in [0.29, 0.717) is 13.2 Å². The first-order chi connectivity index (χ1) is 7.24. The van der Waals surface area contributed by atoms with Crippen molar-refractivity contribution in [2.75, 3.05) is 20.3 Å². The third kappa shape index (κ3) is 7.74. The number of ether oxygens (including phenoxy) is 3. The van der Waals surface area contributed by atoms with Crippen molar-refractivity contribution < 1.29 is 19.0 Å². The van der Waals surface area contributed by atoms with Crippen LogP contribution in [0.15, 0.2) is 12.2 Å². The maximum Gasteiger partial charge on any atom is 0.384 e. The molecular formula is C11H16O4. The summed E-state index contributed by atoms with van der Waals surface area (Å²) in [6.07, 6.45) is 2.74. The van der Waals surface area contributed by atoms with Gasteiger partial charge in [-0.05, 0) is 26.0 Å². The normalized spacial score (nSPS) is 10.1. The van der Waals surface area contributed by atoms with Crippen molar-refractivity contribution in [3.63, 3.8) is 0 Å². The van der Waals surface area contributed by atoms with Gasteiger partial charge in [0.05, 0.1) is 7.11 Å². The standard InChI is InChI=1S/C11H16O4/c1-4-14-11(15-5-2)9-7-6-8-10(12)13-3/h7,9,11H,4-5H2,1-3H3/b9-7+. The van der Waals surface area contributed by atoms with Crippen LogP contribution < -0.4 is 0 Å². The summed E-state index contributed by atoms with van der Waals surface area (Å²) in [6.45, 7) is 4.86. The highest BCUT2D eigenvalue weighted by molar-refractivity contribution is 5.88. The Bertz CT molecular complexity index is 253. The Hall–Kier alpha value is -1.31. The smallest absolute Gasteiger partial charge is 0.384 e. The zero-order valence-electron chi connectivity index (χ0n) is 9.28. The predicted octanol–water partition coefficient (Wildman–Crippen LogP) is 1.12. The Morgan fingerprint density at radius 3 is 2.40 bits per heavy atom. The van der Waals surface area contributed by atoms with Crippen molar-refractivity contribution in [2.24, 2.45) is 0 Å². The number of hydrogen-bond donors (Lipinski definition) is 0. The summed E-state index contributed by atoms with van der Waals surface area (Å²) in [5, 5.41) is 0. The van der Waals surface area contributed by atoms with Crippen LogP contribution in [-0.4, -0.2) is 32.6 Å². The largest absolute Gasteiger partial charge is 0.459 e. The zero-order chi connectivity index (χ0) is 11.5. The second-order valence-electron chi connectivity index (χ2n) is 2.40. The van der Waals surface area contributed by atoms with E-state index in [2.05, 4.69) is 16.6 Å². The van der Waals surface area contributed by atoms with Crippen LogP contribution in [0.2, 0.25) is 0 Å². The Balaban J connectivity index is 4.07. The minimum absolute atomic E-state index is 0.410. The maximum absolute atomic E-state index is 10.6. The molecule has 0 N–H and O–H groups in total. The lowest BCUT2D eigenvalue weighted by atomic mass is 10.4. The highest BCUT2D eigenvalue weighted by Crippen LogP contribution is 1.96. The summed E-state index contributed by atoms with van der Waals surface area (Å²) >= 11 is 0. The molecule has 0 aliphatic heterocycles. The Labute approximate surface area is 90.2 Å². The molecule has 0 bridgehead atoms. The molecule has 0 aromatic heterocycles. The van der Waals surface area contributed by atoms with E-state index in [0.717, 1.165) is 0 Å². The van der Waals surface area contributed by atoms with Crippen molar-refractivity contribution in [3.8, 4) is 11.8 Å². The van der Waals surface area contributed by atoms with Gasteiger partial charge < -0.3 is 14.2 Å². The molecule has 0 unspecified atom stereocenters. The van der Waals surface area contributed by atoms with Gasteiger partial charge in [0.2, 0.25) is 0 Å². The number of carbonyl (C=O) groups is 1. The topological polar surface area (TPSA) is 44.8 Å². The van der Waals surface area contributed by atoms with Crippen LogP contribution in [0.5, 0.6) is 0 Å². The van der Waals surface area contributed by atoms with Gasteiger partial charge in [0, 0.05) is 19.1 Å². The van der Waals surface area contributed by atoms with Gasteiger partial charge in [-0.3, -0.25) is 0 Å². The van der Waals surface area contributed by atoms with E-state index in [9.17, 15) is 4.79 Å². The molecule has 0 heterocycles. The molecule has 0 aromatic rings. The van der Waals surface area contributed by atoms with Crippen LogP contribution in [-0.2, 0) is 19.0 Å². The van der Waals surface area contributed by atoms with Crippen LogP contribution in [0.25, 0.3) is 0 Å². The molecule has 0 amide bonds. The first-order valence-electron chi connectivity index (χ1n) is 4.73. The van der Waals surface area contributed by atoms with Crippen molar-refractivity contribution >= 4 is 5.97 Å². The molecule has 84 valence electrons. The third-order valence-corrected chi connectivity index (χ3v) is 1.36. The van der Waals surface area contributed by atoms with Gasteiger partial charge in [0.1, 0.15) is 0 Å². The van der Waals surface area contributed by atoms with E-state index >= 15 is 0 Å². The third-order valence-electron chi connectivity index (χ3n) is 1.36.